The number of hydrogen-bond donors (Lipinski definition) is 2. The summed E-state index contributed by atoms with van der Waals surface area (Å²) < 4.78 is 11.1. The molecule has 2 aliphatic heterocycles. The van der Waals surface area contributed by atoms with Gasteiger partial charge in [-0.1, -0.05) is 0 Å². The van der Waals surface area contributed by atoms with Gasteiger partial charge in [-0.15, -0.1) is 0 Å². The maximum Gasteiger partial charge on any atom is 0.317 e. The van der Waals surface area contributed by atoms with E-state index in [1.807, 2.05) is 0 Å². The summed E-state index contributed by atoms with van der Waals surface area (Å²) in [5, 5.41) is 6.24. The average molecular weight is 257 g/mol. The van der Waals surface area contributed by atoms with Crippen LogP contribution < -0.4 is 10.6 Å². The number of urea groups is 1. The van der Waals surface area contributed by atoms with Crippen LogP contribution in [-0.2, 0) is 9.47 Å². The van der Waals surface area contributed by atoms with Crippen molar-refractivity contribution in [3.05, 3.63) is 0 Å². The molecule has 2 amide bonds. The van der Waals surface area contributed by atoms with Gasteiger partial charge in [0.25, 0.3) is 0 Å². The third-order valence-corrected chi connectivity index (χ3v) is 3.19. The Bertz CT molecular complexity index is 290. The van der Waals surface area contributed by atoms with E-state index in [4.69, 9.17) is 9.47 Å². The lowest BCUT2D eigenvalue weighted by Gasteiger charge is -2.37. The molecule has 0 aromatic heterocycles. The standard InChI is InChI=1S/C12H23N3O3/c1-12(2)9-13-7-10(18-12)8-14-11(16)15-3-5-17-6-4-15/h10,13H,3-9H2,1-2H3,(H,14,16). The van der Waals surface area contributed by atoms with E-state index in [2.05, 4.69) is 24.5 Å². The second-order valence-corrected chi connectivity index (χ2v) is 5.42. The Labute approximate surface area is 108 Å². The molecule has 1 unspecified atom stereocenters. The number of morpholine rings is 2. The molecule has 0 saturated carbocycles. The van der Waals surface area contributed by atoms with Crippen LogP contribution in [0.5, 0.6) is 0 Å². The molecule has 18 heavy (non-hydrogen) atoms. The molecule has 6 heteroatoms. The lowest BCUT2D eigenvalue weighted by Crippen LogP contribution is -2.55. The molecule has 0 bridgehead atoms. The minimum absolute atomic E-state index is 0.0229. The molecule has 0 radical (unpaired) electrons. The largest absolute Gasteiger partial charge is 0.378 e. The molecular formula is C12H23N3O3. The number of amides is 2. The summed E-state index contributed by atoms with van der Waals surface area (Å²) in [5.41, 5.74) is -0.160. The zero-order valence-corrected chi connectivity index (χ0v) is 11.2. The quantitative estimate of drug-likeness (QED) is 0.719. The molecule has 0 aliphatic carbocycles. The van der Waals surface area contributed by atoms with E-state index >= 15 is 0 Å². The third-order valence-electron chi connectivity index (χ3n) is 3.19. The van der Waals surface area contributed by atoms with E-state index in [1.165, 1.54) is 0 Å². The van der Waals surface area contributed by atoms with Crippen molar-refractivity contribution in [2.75, 3.05) is 45.9 Å². The van der Waals surface area contributed by atoms with Gasteiger partial charge in [0.2, 0.25) is 0 Å². The van der Waals surface area contributed by atoms with Crippen molar-refractivity contribution >= 4 is 6.03 Å². The van der Waals surface area contributed by atoms with Gasteiger partial charge in [-0.25, -0.2) is 4.79 Å². The van der Waals surface area contributed by atoms with Gasteiger partial charge in [0.1, 0.15) is 0 Å². The fraction of sp³-hybridized carbons (Fsp3) is 0.917. The highest BCUT2D eigenvalue weighted by Gasteiger charge is 2.28. The van der Waals surface area contributed by atoms with Crippen LogP contribution in [0.4, 0.5) is 4.79 Å². The Morgan fingerprint density at radius 2 is 2.17 bits per heavy atom. The Balaban J connectivity index is 1.72. The van der Waals surface area contributed by atoms with Gasteiger partial charge in [0, 0.05) is 32.7 Å². The van der Waals surface area contributed by atoms with Crippen molar-refractivity contribution in [2.24, 2.45) is 0 Å². The molecule has 6 nitrogen and oxygen atoms in total. The van der Waals surface area contributed by atoms with Crippen molar-refractivity contribution < 1.29 is 14.3 Å². The summed E-state index contributed by atoms with van der Waals surface area (Å²) in [6, 6.07) is -0.0229. The van der Waals surface area contributed by atoms with Gasteiger partial charge >= 0.3 is 6.03 Å². The second-order valence-electron chi connectivity index (χ2n) is 5.42. The number of rotatable bonds is 2. The number of nitrogens with zero attached hydrogens (tertiary/aromatic N) is 1. The molecule has 2 aliphatic rings. The maximum atomic E-state index is 11.9. The van der Waals surface area contributed by atoms with E-state index < -0.39 is 0 Å². The topological polar surface area (TPSA) is 62.8 Å². The van der Waals surface area contributed by atoms with Crippen LogP contribution in [-0.4, -0.2) is 68.6 Å². The fourth-order valence-electron chi connectivity index (χ4n) is 2.26. The SMILES string of the molecule is CC1(C)CNCC(CNC(=O)N2CCOCC2)O1. The van der Waals surface area contributed by atoms with Gasteiger partial charge < -0.3 is 25.0 Å². The molecular weight excluding hydrogens is 234 g/mol. The van der Waals surface area contributed by atoms with E-state index in [0.717, 1.165) is 13.1 Å². The highest BCUT2D eigenvalue weighted by Crippen LogP contribution is 2.14. The summed E-state index contributed by atoms with van der Waals surface area (Å²) in [6.45, 7) is 8.87. The van der Waals surface area contributed by atoms with Crippen LogP contribution in [0.2, 0.25) is 0 Å². The summed E-state index contributed by atoms with van der Waals surface area (Å²) >= 11 is 0. The zero-order chi connectivity index (χ0) is 13.0. The molecule has 2 heterocycles. The van der Waals surface area contributed by atoms with Gasteiger partial charge in [-0.05, 0) is 13.8 Å². The molecule has 2 fully saturated rings. The van der Waals surface area contributed by atoms with Crippen molar-refractivity contribution in [3.8, 4) is 0 Å². The van der Waals surface area contributed by atoms with Crippen molar-refractivity contribution in [2.45, 2.75) is 25.6 Å². The number of nitrogens with one attached hydrogen (secondary N) is 2. The third kappa shape index (κ3) is 3.83. The summed E-state index contributed by atoms with van der Waals surface area (Å²) in [6.07, 6.45) is 0.0405. The first-order valence-electron chi connectivity index (χ1n) is 6.56. The van der Waals surface area contributed by atoms with Crippen LogP contribution in [0.1, 0.15) is 13.8 Å². The molecule has 0 aromatic carbocycles. The first-order valence-corrected chi connectivity index (χ1v) is 6.56. The van der Waals surface area contributed by atoms with Gasteiger partial charge in [-0.3, -0.25) is 0 Å². The number of ether oxygens (including phenoxy) is 2. The predicted molar refractivity (Wildman–Crippen MR) is 67.6 cm³/mol. The minimum Gasteiger partial charge on any atom is -0.378 e. The van der Waals surface area contributed by atoms with E-state index in [1.54, 1.807) is 4.90 Å². The number of carbonyl (C=O) groups is 1. The Hall–Kier alpha value is -0.850. The average Bonchev–Trinajstić information content (AvgIpc) is 2.36. The minimum atomic E-state index is -0.160. The summed E-state index contributed by atoms with van der Waals surface area (Å²) in [7, 11) is 0. The maximum absolute atomic E-state index is 11.9. The van der Waals surface area contributed by atoms with E-state index in [0.29, 0.717) is 32.8 Å². The van der Waals surface area contributed by atoms with Crippen molar-refractivity contribution in [1.29, 1.82) is 0 Å². The normalized spacial score (nSPS) is 27.9. The van der Waals surface area contributed by atoms with E-state index in [-0.39, 0.29) is 17.7 Å². The predicted octanol–water partition coefficient (Wildman–Crippen LogP) is -0.205. The second kappa shape index (κ2) is 5.86. The Kier molecular flexibility index (Phi) is 4.42. The number of hydrogen-bond acceptors (Lipinski definition) is 4. The van der Waals surface area contributed by atoms with Crippen LogP contribution in [0.15, 0.2) is 0 Å². The van der Waals surface area contributed by atoms with E-state index in [9.17, 15) is 4.79 Å². The zero-order valence-electron chi connectivity index (χ0n) is 11.2. The molecule has 104 valence electrons. The monoisotopic (exact) mass is 257 g/mol. The molecule has 2 rings (SSSR count). The summed E-state index contributed by atoms with van der Waals surface area (Å²) in [5.74, 6) is 0. The number of carbonyl (C=O) groups excluding carboxylic acids is 1. The molecule has 1 atom stereocenters. The highest BCUT2D eigenvalue weighted by atomic mass is 16.5. The summed E-state index contributed by atoms with van der Waals surface area (Å²) in [4.78, 5) is 13.7. The lowest BCUT2D eigenvalue weighted by atomic mass is 10.1. The van der Waals surface area contributed by atoms with Gasteiger partial charge in [0.05, 0.1) is 24.9 Å². The fourth-order valence-corrected chi connectivity index (χ4v) is 2.26. The molecule has 0 spiro atoms. The van der Waals surface area contributed by atoms with Crippen LogP contribution in [0.3, 0.4) is 0 Å². The van der Waals surface area contributed by atoms with Gasteiger partial charge in [-0.2, -0.15) is 0 Å². The lowest BCUT2D eigenvalue weighted by molar-refractivity contribution is -0.0913. The molecule has 0 aromatic rings. The van der Waals surface area contributed by atoms with Gasteiger partial charge in [0.15, 0.2) is 0 Å². The van der Waals surface area contributed by atoms with Crippen molar-refractivity contribution in [1.82, 2.24) is 15.5 Å². The Morgan fingerprint density at radius 3 is 2.83 bits per heavy atom. The Morgan fingerprint density at radius 1 is 1.44 bits per heavy atom. The van der Waals surface area contributed by atoms with Crippen LogP contribution in [0, 0.1) is 0 Å². The van der Waals surface area contributed by atoms with Crippen LogP contribution in [0.25, 0.3) is 0 Å². The smallest absolute Gasteiger partial charge is 0.317 e. The van der Waals surface area contributed by atoms with Crippen molar-refractivity contribution in [3.63, 3.8) is 0 Å². The van der Waals surface area contributed by atoms with Crippen LogP contribution >= 0.6 is 0 Å². The molecule has 2 N–H and O–H groups in total. The highest BCUT2D eigenvalue weighted by molar-refractivity contribution is 5.74. The molecule has 2 saturated heterocycles. The first kappa shape index (κ1) is 13.6. The first-order chi connectivity index (χ1) is 8.57.